The Bertz CT molecular complexity index is 1190. The normalized spacial score (nSPS) is 11.2. The average molecular weight is 832 g/mol. The van der Waals surface area contributed by atoms with Crippen molar-refractivity contribution in [2.24, 2.45) is 0 Å². The van der Waals surface area contributed by atoms with Crippen LogP contribution in [0.1, 0.15) is 87.8 Å². The molecule has 49 heavy (non-hydrogen) atoms. The van der Waals surface area contributed by atoms with Gasteiger partial charge in [-0.3, -0.25) is 0 Å². The molecular weight excluding hydrogens is 779 g/mol. The van der Waals surface area contributed by atoms with Crippen LogP contribution < -0.4 is 0 Å². The second-order valence-corrected chi connectivity index (χ2v) is 22.0. The first-order valence-corrected chi connectivity index (χ1v) is 26.5. The third kappa shape index (κ3) is 19.2. The Morgan fingerprint density at radius 1 is 0.469 bits per heavy atom. The topological polar surface area (TPSA) is 78.9 Å². The molecule has 0 N–H and O–H groups in total. The maximum absolute atomic E-state index is 13.3. The second-order valence-electron chi connectivity index (χ2n) is 12.0. The molecule has 0 aromatic heterocycles. The molecule has 3 aromatic carbocycles. The molecule has 6 nitrogen and oxygen atoms in total. The minimum atomic E-state index is -5.04. The van der Waals surface area contributed by atoms with Gasteiger partial charge in [-0.05, 0) is 0 Å². The standard InChI is InChI=1S/C12H25.3C9H10O2S.Sn/c1-3-5-7-9-11-12-10-8-6-4-2;3*10-9(11)7-12-6-8-4-2-1-3-5-8;/h1,3-12H2,2H3;3*1-5H,6-7H2,(H,10,11);/q;;;;+3/p-3. The molecule has 0 aliphatic rings. The van der Waals surface area contributed by atoms with E-state index in [0.29, 0.717) is 28.1 Å². The van der Waals surface area contributed by atoms with E-state index in [9.17, 15) is 14.4 Å². The summed E-state index contributed by atoms with van der Waals surface area (Å²) in [6, 6.07) is 29.7. The molecule has 0 saturated carbocycles. The van der Waals surface area contributed by atoms with Crippen molar-refractivity contribution < 1.29 is 23.6 Å². The molecule has 0 saturated heterocycles. The molecule has 3 aromatic rings. The number of rotatable bonds is 26. The van der Waals surface area contributed by atoms with Crippen LogP contribution >= 0.6 is 35.3 Å². The first-order chi connectivity index (χ1) is 24.0. The van der Waals surface area contributed by atoms with Crippen molar-refractivity contribution in [2.45, 2.75) is 92.8 Å². The van der Waals surface area contributed by atoms with E-state index in [4.69, 9.17) is 9.22 Å². The number of carbonyl (C=O) groups is 3. The summed E-state index contributed by atoms with van der Waals surface area (Å²) in [5.41, 5.74) is 3.30. The Labute approximate surface area is 312 Å². The third-order valence-electron chi connectivity index (χ3n) is 7.64. The van der Waals surface area contributed by atoms with E-state index in [1.165, 1.54) is 73.8 Å². The van der Waals surface area contributed by atoms with Crippen LogP contribution in [0.25, 0.3) is 0 Å². The molecule has 10 heteroatoms. The molecule has 0 bridgehead atoms. The fraction of sp³-hybridized carbons (Fsp3) is 0.462. The van der Waals surface area contributed by atoms with E-state index in [1.807, 2.05) is 91.0 Å². The number of thioether (sulfide) groups is 3. The Hall–Kier alpha value is -2.08. The first-order valence-electron chi connectivity index (χ1n) is 17.5. The van der Waals surface area contributed by atoms with Crippen molar-refractivity contribution in [3.63, 3.8) is 0 Å². The summed E-state index contributed by atoms with van der Waals surface area (Å²) in [7, 11) is 0. The van der Waals surface area contributed by atoms with Crippen LogP contribution in [0.15, 0.2) is 91.0 Å². The number of carbonyl (C=O) groups excluding carboxylic acids is 3. The monoisotopic (exact) mass is 832 g/mol. The predicted octanol–water partition coefficient (Wildman–Crippen LogP) is 10.3. The fourth-order valence-corrected chi connectivity index (χ4v) is 15.1. The molecule has 0 radical (unpaired) electrons. The zero-order chi connectivity index (χ0) is 34.8. The van der Waals surface area contributed by atoms with Gasteiger partial charge in [0, 0.05) is 0 Å². The van der Waals surface area contributed by atoms with E-state index < -0.39 is 37.5 Å². The van der Waals surface area contributed by atoms with Gasteiger partial charge in [-0.1, -0.05) is 0 Å². The number of unbranched alkanes of at least 4 members (excludes halogenated alkanes) is 9. The van der Waals surface area contributed by atoms with E-state index in [2.05, 4.69) is 6.92 Å². The molecule has 0 aliphatic carbocycles. The molecule has 0 spiro atoms. The van der Waals surface area contributed by atoms with E-state index >= 15 is 0 Å². The summed E-state index contributed by atoms with van der Waals surface area (Å²) >= 11 is -0.755. The molecule has 3 rings (SSSR count). The zero-order valence-electron chi connectivity index (χ0n) is 28.9. The van der Waals surface area contributed by atoms with Crippen LogP contribution in [0.2, 0.25) is 4.44 Å². The molecule has 0 unspecified atom stereocenters. The van der Waals surface area contributed by atoms with Gasteiger partial charge in [0.05, 0.1) is 0 Å². The Balaban J connectivity index is 1.65. The predicted molar refractivity (Wildman–Crippen MR) is 208 cm³/mol. The van der Waals surface area contributed by atoms with Crippen LogP contribution in [0.5, 0.6) is 0 Å². The molecule has 0 fully saturated rings. The third-order valence-corrected chi connectivity index (χ3v) is 17.9. The summed E-state index contributed by atoms with van der Waals surface area (Å²) in [6.45, 7) is 2.23. The van der Waals surface area contributed by atoms with Crippen LogP contribution in [0, 0.1) is 0 Å². The maximum atomic E-state index is 13.3. The molecule has 0 heterocycles. The minimum absolute atomic E-state index is 0.0756. The van der Waals surface area contributed by atoms with Gasteiger partial charge in [0.15, 0.2) is 0 Å². The van der Waals surface area contributed by atoms with Gasteiger partial charge in [0.1, 0.15) is 0 Å². The molecule has 0 aliphatic heterocycles. The van der Waals surface area contributed by atoms with Crippen LogP contribution in [0.4, 0.5) is 0 Å². The summed E-state index contributed by atoms with van der Waals surface area (Å²) in [6.07, 6.45) is 11.3. The van der Waals surface area contributed by atoms with Gasteiger partial charge < -0.3 is 0 Å². The van der Waals surface area contributed by atoms with E-state index in [1.54, 1.807) is 0 Å². The number of hydrogen-bond donors (Lipinski definition) is 0. The van der Waals surface area contributed by atoms with Gasteiger partial charge in [-0.25, -0.2) is 0 Å². The summed E-state index contributed by atoms with van der Waals surface area (Å²) in [5.74, 6) is 0.647. The van der Waals surface area contributed by atoms with Crippen LogP contribution in [0.3, 0.4) is 0 Å². The van der Waals surface area contributed by atoms with Crippen molar-refractivity contribution in [1.29, 1.82) is 0 Å². The van der Waals surface area contributed by atoms with Gasteiger partial charge in [-0.15, -0.1) is 0 Å². The average Bonchev–Trinajstić information content (AvgIpc) is 3.10. The van der Waals surface area contributed by atoms with Crippen molar-refractivity contribution in [3.8, 4) is 0 Å². The van der Waals surface area contributed by atoms with Gasteiger partial charge >= 0.3 is 314 Å². The summed E-state index contributed by atoms with van der Waals surface area (Å²) in [4.78, 5) is 39.9. The molecular formula is C39H52O6S3Sn. The zero-order valence-corrected chi connectivity index (χ0v) is 34.2. The van der Waals surface area contributed by atoms with Crippen molar-refractivity contribution in [2.75, 3.05) is 17.3 Å². The summed E-state index contributed by atoms with van der Waals surface area (Å²) < 4.78 is 18.5. The van der Waals surface area contributed by atoms with Crippen molar-refractivity contribution in [1.82, 2.24) is 0 Å². The second kappa shape index (κ2) is 25.8. The number of hydrogen-bond acceptors (Lipinski definition) is 9. The van der Waals surface area contributed by atoms with Gasteiger partial charge in [0.25, 0.3) is 0 Å². The van der Waals surface area contributed by atoms with E-state index in [-0.39, 0.29) is 17.3 Å². The Morgan fingerprint density at radius 3 is 1.10 bits per heavy atom. The Morgan fingerprint density at radius 2 is 0.776 bits per heavy atom. The van der Waals surface area contributed by atoms with Gasteiger partial charge in [-0.2, -0.15) is 0 Å². The molecule has 0 atom stereocenters. The van der Waals surface area contributed by atoms with Crippen LogP contribution in [-0.4, -0.2) is 54.8 Å². The first kappa shape index (κ1) is 41.3. The van der Waals surface area contributed by atoms with E-state index in [0.717, 1.165) is 36.0 Å². The van der Waals surface area contributed by atoms with Crippen LogP contribution in [-0.2, 0) is 40.9 Å². The molecule has 266 valence electrons. The van der Waals surface area contributed by atoms with Crippen molar-refractivity contribution in [3.05, 3.63) is 108 Å². The number of benzene rings is 3. The SMILES string of the molecule is CCCCCCCCCCC[CH2][Sn]([O]C(=O)CSCc1ccccc1)([O]C(=O)CSCc1ccccc1)[O]C(=O)CSCc1ccccc1. The summed E-state index contributed by atoms with van der Waals surface area (Å²) in [5, 5.41) is 0. The van der Waals surface area contributed by atoms with Crippen molar-refractivity contribution >= 4 is 72.8 Å². The fourth-order valence-electron chi connectivity index (χ4n) is 5.13. The Kier molecular flexibility index (Phi) is 21.8. The molecule has 0 amide bonds. The van der Waals surface area contributed by atoms with Gasteiger partial charge in [0.2, 0.25) is 0 Å². The quantitative estimate of drug-likeness (QED) is 0.0580.